The molecule has 0 saturated heterocycles. The molecule has 1 aliphatic rings. The Morgan fingerprint density at radius 3 is 2.83 bits per heavy atom. The lowest BCUT2D eigenvalue weighted by atomic mass is 10.2. The molecular weight excluding hydrogens is 328 g/mol. The third-order valence-electron chi connectivity index (χ3n) is 4.13. The van der Waals surface area contributed by atoms with Crippen molar-refractivity contribution in [3.63, 3.8) is 0 Å². The van der Waals surface area contributed by atoms with Gasteiger partial charge >= 0.3 is 0 Å². The standard InChI is InChI=1S/C16H22N4O3S/c1-10(2)13-9-24-15(17-13)16(23)19-4-3-5-20-11(7-19)6-12(18-20)14(22)8-21/h6,9-10,14,21-22H,3-5,7-8H2,1-2H3. The third kappa shape index (κ3) is 3.35. The summed E-state index contributed by atoms with van der Waals surface area (Å²) in [5, 5.41) is 25.6. The Morgan fingerprint density at radius 2 is 2.17 bits per heavy atom. The zero-order valence-corrected chi connectivity index (χ0v) is 14.7. The van der Waals surface area contributed by atoms with E-state index in [0.29, 0.717) is 36.3 Å². The number of rotatable bonds is 4. The molecule has 130 valence electrons. The first kappa shape index (κ1) is 17.1. The summed E-state index contributed by atoms with van der Waals surface area (Å²) in [7, 11) is 0. The van der Waals surface area contributed by atoms with Crippen molar-refractivity contribution < 1.29 is 15.0 Å². The Kier molecular flexibility index (Phi) is 4.98. The molecule has 1 atom stereocenters. The first-order chi connectivity index (χ1) is 11.5. The number of hydrogen-bond acceptors (Lipinski definition) is 6. The molecule has 2 aromatic rings. The number of carbonyl (C=O) groups excluding carboxylic acids is 1. The summed E-state index contributed by atoms with van der Waals surface area (Å²) in [5.74, 6) is 0.238. The highest BCUT2D eigenvalue weighted by molar-refractivity contribution is 7.11. The summed E-state index contributed by atoms with van der Waals surface area (Å²) in [4.78, 5) is 19.0. The summed E-state index contributed by atoms with van der Waals surface area (Å²) in [6.45, 7) is 5.52. The van der Waals surface area contributed by atoms with Gasteiger partial charge in [-0.05, 0) is 18.4 Å². The minimum absolute atomic E-state index is 0.0641. The van der Waals surface area contributed by atoms with E-state index in [1.165, 1.54) is 11.3 Å². The largest absolute Gasteiger partial charge is 0.393 e. The van der Waals surface area contributed by atoms with E-state index >= 15 is 0 Å². The first-order valence-corrected chi connectivity index (χ1v) is 8.97. The van der Waals surface area contributed by atoms with E-state index in [9.17, 15) is 9.90 Å². The van der Waals surface area contributed by atoms with Crippen LogP contribution in [0.3, 0.4) is 0 Å². The SMILES string of the molecule is CC(C)c1csc(C(=O)N2CCCn3nc(C(O)CO)cc3C2)n1. The van der Waals surface area contributed by atoms with E-state index in [1.54, 1.807) is 11.0 Å². The molecule has 0 saturated carbocycles. The van der Waals surface area contributed by atoms with Gasteiger partial charge in [-0.1, -0.05) is 13.8 Å². The molecule has 0 fully saturated rings. The molecule has 0 bridgehead atoms. The van der Waals surface area contributed by atoms with E-state index in [2.05, 4.69) is 23.9 Å². The number of carbonyl (C=O) groups is 1. The molecule has 2 N–H and O–H groups in total. The van der Waals surface area contributed by atoms with Crippen molar-refractivity contribution in [2.24, 2.45) is 0 Å². The molecule has 2 aromatic heterocycles. The highest BCUT2D eigenvalue weighted by Gasteiger charge is 2.25. The van der Waals surface area contributed by atoms with Crippen molar-refractivity contribution in [2.75, 3.05) is 13.2 Å². The Labute approximate surface area is 144 Å². The number of aromatic nitrogens is 3. The number of aliphatic hydroxyl groups excluding tert-OH is 2. The van der Waals surface area contributed by atoms with Gasteiger partial charge in [0, 0.05) is 18.5 Å². The highest BCUT2D eigenvalue weighted by atomic mass is 32.1. The van der Waals surface area contributed by atoms with Crippen LogP contribution in [0.5, 0.6) is 0 Å². The van der Waals surface area contributed by atoms with Crippen LogP contribution in [-0.4, -0.2) is 48.9 Å². The first-order valence-electron chi connectivity index (χ1n) is 8.09. The molecule has 0 radical (unpaired) electrons. The smallest absolute Gasteiger partial charge is 0.283 e. The van der Waals surface area contributed by atoms with Crippen molar-refractivity contribution in [1.82, 2.24) is 19.7 Å². The van der Waals surface area contributed by atoms with Gasteiger partial charge in [0.25, 0.3) is 5.91 Å². The van der Waals surface area contributed by atoms with Crippen LogP contribution in [0.15, 0.2) is 11.4 Å². The second-order valence-corrected chi connectivity index (χ2v) is 7.15. The Hall–Kier alpha value is -1.77. The zero-order valence-electron chi connectivity index (χ0n) is 13.8. The molecule has 1 unspecified atom stereocenters. The van der Waals surface area contributed by atoms with Gasteiger partial charge < -0.3 is 15.1 Å². The molecule has 3 rings (SSSR count). The van der Waals surface area contributed by atoms with Crippen LogP contribution in [-0.2, 0) is 13.1 Å². The Balaban J connectivity index is 1.79. The lowest BCUT2D eigenvalue weighted by molar-refractivity contribution is 0.0744. The van der Waals surface area contributed by atoms with Crippen LogP contribution < -0.4 is 0 Å². The van der Waals surface area contributed by atoms with Crippen LogP contribution in [0, 0.1) is 0 Å². The van der Waals surface area contributed by atoms with E-state index < -0.39 is 6.10 Å². The van der Waals surface area contributed by atoms with Gasteiger partial charge in [0.1, 0.15) is 6.10 Å². The van der Waals surface area contributed by atoms with Gasteiger partial charge in [-0.2, -0.15) is 5.10 Å². The number of hydrogen-bond donors (Lipinski definition) is 2. The van der Waals surface area contributed by atoms with Gasteiger partial charge in [0.15, 0.2) is 5.01 Å². The number of amides is 1. The molecule has 0 aliphatic carbocycles. The average molecular weight is 350 g/mol. The number of fused-ring (bicyclic) bond motifs is 1. The molecule has 1 amide bonds. The number of thiazole rings is 1. The molecule has 24 heavy (non-hydrogen) atoms. The van der Waals surface area contributed by atoms with Gasteiger partial charge in [-0.15, -0.1) is 11.3 Å². The zero-order chi connectivity index (χ0) is 17.3. The molecule has 7 nitrogen and oxygen atoms in total. The summed E-state index contributed by atoms with van der Waals surface area (Å²) < 4.78 is 1.81. The summed E-state index contributed by atoms with van der Waals surface area (Å²) in [6, 6.07) is 1.76. The highest BCUT2D eigenvalue weighted by Crippen LogP contribution is 2.22. The Morgan fingerprint density at radius 1 is 1.38 bits per heavy atom. The maximum Gasteiger partial charge on any atom is 0.283 e. The van der Waals surface area contributed by atoms with Crippen molar-refractivity contribution in [3.8, 4) is 0 Å². The number of aliphatic hydroxyl groups is 2. The summed E-state index contributed by atoms with van der Waals surface area (Å²) in [5.41, 5.74) is 2.25. The molecule has 1 aliphatic heterocycles. The predicted molar refractivity (Wildman–Crippen MR) is 89.8 cm³/mol. The summed E-state index contributed by atoms with van der Waals surface area (Å²) in [6.07, 6.45) is -0.196. The number of nitrogens with zero attached hydrogens (tertiary/aromatic N) is 4. The number of aryl methyl sites for hydroxylation is 1. The fourth-order valence-corrected chi connectivity index (χ4v) is 3.64. The fourth-order valence-electron chi connectivity index (χ4n) is 2.70. The van der Waals surface area contributed by atoms with Crippen LogP contribution >= 0.6 is 11.3 Å². The fraction of sp³-hybridized carbons (Fsp3) is 0.562. The average Bonchev–Trinajstić information content (AvgIpc) is 3.16. The van der Waals surface area contributed by atoms with E-state index in [-0.39, 0.29) is 12.5 Å². The van der Waals surface area contributed by atoms with Crippen molar-refractivity contribution in [2.45, 2.75) is 45.4 Å². The Bertz CT molecular complexity index is 725. The maximum absolute atomic E-state index is 12.7. The molecular formula is C16H22N4O3S. The van der Waals surface area contributed by atoms with Gasteiger partial charge in [-0.3, -0.25) is 9.48 Å². The summed E-state index contributed by atoms with van der Waals surface area (Å²) >= 11 is 1.38. The van der Waals surface area contributed by atoms with Gasteiger partial charge in [0.2, 0.25) is 0 Å². The minimum atomic E-state index is -0.985. The molecule has 0 aromatic carbocycles. The third-order valence-corrected chi connectivity index (χ3v) is 4.98. The predicted octanol–water partition coefficient (Wildman–Crippen LogP) is 1.53. The van der Waals surface area contributed by atoms with Gasteiger partial charge in [0.05, 0.1) is 30.2 Å². The molecule has 3 heterocycles. The second-order valence-electron chi connectivity index (χ2n) is 6.29. The van der Waals surface area contributed by atoms with E-state index in [4.69, 9.17) is 5.11 Å². The van der Waals surface area contributed by atoms with Gasteiger partial charge in [-0.25, -0.2) is 4.98 Å². The van der Waals surface area contributed by atoms with E-state index in [0.717, 1.165) is 17.8 Å². The molecule has 0 spiro atoms. The normalized spacial score (nSPS) is 16.1. The lowest BCUT2D eigenvalue weighted by Crippen LogP contribution is -2.30. The van der Waals surface area contributed by atoms with Crippen molar-refractivity contribution in [3.05, 3.63) is 33.5 Å². The van der Waals surface area contributed by atoms with Crippen LogP contribution in [0.1, 0.15) is 59.2 Å². The maximum atomic E-state index is 12.7. The second kappa shape index (κ2) is 7.00. The van der Waals surface area contributed by atoms with Crippen LogP contribution in [0.25, 0.3) is 0 Å². The minimum Gasteiger partial charge on any atom is -0.393 e. The van der Waals surface area contributed by atoms with E-state index in [1.807, 2.05) is 10.1 Å². The topological polar surface area (TPSA) is 91.5 Å². The van der Waals surface area contributed by atoms with Crippen LogP contribution in [0.4, 0.5) is 0 Å². The van der Waals surface area contributed by atoms with Crippen molar-refractivity contribution in [1.29, 1.82) is 0 Å². The lowest BCUT2D eigenvalue weighted by Gasteiger charge is -2.18. The quantitative estimate of drug-likeness (QED) is 0.873. The monoisotopic (exact) mass is 350 g/mol. The van der Waals surface area contributed by atoms with Crippen molar-refractivity contribution >= 4 is 17.2 Å². The van der Waals surface area contributed by atoms with Crippen LogP contribution in [0.2, 0.25) is 0 Å². The molecule has 8 heteroatoms.